The molecule has 0 aliphatic rings. The Labute approximate surface area is 99.5 Å². The number of aryl methyl sites for hydroxylation is 1. The lowest BCUT2D eigenvalue weighted by molar-refractivity contribution is 0.153. The van der Waals surface area contributed by atoms with Crippen LogP contribution in [0.25, 0.3) is 11.6 Å². The van der Waals surface area contributed by atoms with Gasteiger partial charge in [-0.1, -0.05) is 24.6 Å². The number of pyridine rings is 1. The van der Waals surface area contributed by atoms with Crippen LogP contribution in [0.5, 0.6) is 0 Å². The smallest absolute Gasteiger partial charge is 0.276 e. The monoisotopic (exact) mass is 233 g/mol. The maximum absolute atomic E-state index is 9.74. The molecule has 0 radical (unpaired) electrons. The van der Waals surface area contributed by atoms with Crippen LogP contribution in [0.1, 0.15) is 37.3 Å². The summed E-state index contributed by atoms with van der Waals surface area (Å²) in [6.07, 6.45) is 2.50. The third-order valence-corrected chi connectivity index (χ3v) is 2.51. The Kier molecular flexibility index (Phi) is 3.49. The number of nitrogens with zero attached hydrogens (tertiary/aromatic N) is 3. The van der Waals surface area contributed by atoms with E-state index in [0.717, 1.165) is 12.0 Å². The van der Waals surface area contributed by atoms with E-state index in [0.29, 0.717) is 23.8 Å². The molecule has 5 heteroatoms. The highest BCUT2D eigenvalue weighted by Gasteiger charge is 2.17. The summed E-state index contributed by atoms with van der Waals surface area (Å²) in [7, 11) is 0. The molecule has 5 nitrogen and oxygen atoms in total. The van der Waals surface area contributed by atoms with E-state index in [-0.39, 0.29) is 0 Å². The van der Waals surface area contributed by atoms with Crippen LogP contribution >= 0.6 is 0 Å². The highest BCUT2D eigenvalue weighted by Crippen LogP contribution is 2.21. The molecule has 17 heavy (non-hydrogen) atoms. The van der Waals surface area contributed by atoms with Crippen LogP contribution in [0.15, 0.2) is 22.9 Å². The van der Waals surface area contributed by atoms with Gasteiger partial charge in [0.15, 0.2) is 0 Å². The maximum atomic E-state index is 9.74. The van der Waals surface area contributed by atoms with E-state index in [4.69, 9.17) is 4.52 Å². The second-order valence-electron chi connectivity index (χ2n) is 3.93. The highest BCUT2D eigenvalue weighted by atomic mass is 16.5. The fraction of sp³-hybridized carbons (Fsp3) is 0.417. The summed E-state index contributed by atoms with van der Waals surface area (Å²) < 4.78 is 5.12. The molecule has 0 spiro atoms. The Hall–Kier alpha value is -1.75. The number of rotatable bonds is 4. The Morgan fingerprint density at radius 1 is 1.47 bits per heavy atom. The van der Waals surface area contributed by atoms with Gasteiger partial charge in [-0.3, -0.25) is 4.98 Å². The van der Waals surface area contributed by atoms with Crippen LogP contribution in [0.4, 0.5) is 0 Å². The topological polar surface area (TPSA) is 72.0 Å². The van der Waals surface area contributed by atoms with Gasteiger partial charge in [-0.2, -0.15) is 4.98 Å². The van der Waals surface area contributed by atoms with Gasteiger partial charge < -0.3 is 9.63 Å². The van der Waals surface area contributed by atoms with Crippen LogP contribution in [0.3, 0.4) is 0 Å². The summed E-state index contributed by atoms with van der Waals surface area (Å²) in [4.78, 5) is 8.36. The third-order valence-electron chi connectivity index (χ3n) is 2.51. The zero-order valence-corrected chi connectivity index (χ0v) is 9.92. The summed E-state index contributed by atoms with van der Waals surface area (Å²) in [6, 6.07) is 3.77. The Morgan fingerprint density at radius 2 is 2.29 bits per heavy atom. The zero-order chi connectivity index (χ0) is 12.3. The summed E-state index contributed by atoms with van der Waals surface area (Å²) in [5.41, 5.74) is 1.63. The molecule has 0 saturated heterocycles. The minimum atomic E-state index is -0.665. The van der Waals surface area contributed by atoms with Crippen molar-refractivity contribution in [3.8, 4) is 11.6 Å². The number of hydrogen-bond donors (Lipinski definition) is 1. The second kappa shape index (κ2) is 5.05. The standard InChI is InChI=1S/C12H15N3O2/c1-3-5-9(16)11-14-12(17-15-11)10-8(2)6-4-7-13-10/h4,6-7,9,16H,3,5H2,1-2H3. The van der Waals surface area contributed by atoms with Gasteiger partial charge in [0.2, 0.25) is 5.82 Å². The molecule has 0 amide bonds. The predicted molar refractivity (Wildman–Crippen MR) is 62.1 cm³/mol. The molecule has 2 heterocycles. The lowest BCUT2D eigenvalue weighted by Gasteiger charge is -2.01. The minimum Gasteiger partial charge on any atom is -0.385 e. The molecule has 90 valence electrons. The van der Waals surface area contributed by atoms with E-state index in [9.17, 15) is 5.11 Å². The van der Waals surface area contributed by atoms with Crippen LogP contribution in [0, 0.1) is 6.92 Å². The maximum Gasteiger partial charge on any atom is 0.276 e. The normalized spacial score (nSPS) is 12.6. The van der Waals surface area contributed by atoms with Crippen molar-refractivity contribution < 1.29 is 9.63 Å². The van der Waals surface area contributed by atoms with E-state index in [2.05, 4.69) is 15.1 Å². The molecule has 1 N–H and O–H groups in total. The molecule has 0 aromatic carbocycles. The zero-order valence-electron chi connectivity index (χ0n) is 9.92. The average molecular weight is 233 g/mol. The van der Waals surface area contributed by atoms with Crippen molar-refractivity contribution in [3.05, 3.63) is 29.7 Å². The molecule has 2 aromatic heterocycles. The van der Waals surface area contributed by atoms with Gasteiger partial charge in [0.1, 0.15) is 11.8 Å². The van der Waals surface area contributed by atoms with Crippen molar-refractivity contribution in [2.24, 2.45) is 0 Å². The van der Waals surface area contributed by atoms with E-state index >= 15 is 0 Å². The first kappa shape index (κ1) is 11.7. The number of aliphatic hydroxyl groups is 1. The molecule has 0 aliphatic carbocycles. The lowest BCUT2D eigenvalue weighted by atomic mass is 10.2. The first-order valence-corrected chi connectivity index (χ1v) is 5.66. The Morgan fingerprint density at radius 3 is 3.00 bits per heavy atom. The average Bonchev–Trinajstić information content (AvgIpc) is 2.79. The van der Waals surface area contributed by atoms with Crippen LogP contribution < -0.4 is 0 Å². The summed E-state index contributed by atoms with van der Waals surface area (Å²) >= 11 is 0. The number of aromatic nitrogens is 3. The van der Waals surface area contributed by atoms with E-state index < -0.39 is 6.10 Å². The van der Waals surface area contributed by atoms with Gasteiger partial charge in [-0.15, -0.1) is 0 Å². The largest absolute Gasteiger partial charge is 0.385 e. The second-order valence-corrected chi connectivity index (χ2v) is 3.93. The fourth-order valence-corrected chi connectivity index (χ4v) is 1.58. The van der Waals surface area contributed by atoms with Crippen molar-refractivity contribution in [2.45, 2.75) is 32.8 Å². The SMILES string of the molecule is CCCC(O)c1noc(-c2ncccc2C)n1. The van der Waals surface area contributed by atoms with Gasteiger partial charge in [-0.05, 0) is 25.0 Å². The molecule has 0 bridgehead atoms. The first-order chi connectivity index (χ1) is 8.22. The minimum absolute atomic E-state index is 0.326. The lowest BCUT2D eigenvalue weighted by Crippen LogP contribution is -1.99. The van der Waals surface area contributed by atoms with E-state index in [1.807, 2.05) is 26.0 Å². The summed E-state index contributed by atoms with van der Waals surface area (Å²) in [5, 5.41) is 13.5. The molecule has 1 unspecified atom stereocenters. The number of aliphatic hydroxyl groups excluding tert-OH is 1. The van der Waals surface area contributed by atoms with Crippen molar-refractivity contribution in [2.75, 3.05) is 0 Å². The third kappa shape index (κ3) is 2.50. The predicted octanol–water partition coefficient (Wildman–Crippen LogP) is 2.27. The molecule has 2 aromatic rings. The molecule has 0 aliphatic heterocycles. The van der Waals surface area contributed by atoms with Crippen molar-refractivity contribution in [3.63, 3.8) is 0 Å². The van der Waals surface area contributed by atoms with Crippen molar-refractivity contribution >= 4 is 0 Å². The van der Waals surface area contributed by atoms with Crippen LogP contribution in [0.2, 0.25) is 0 Å². The van der Waals surface area contributed by atoms with Crippen LogP contribution in [-0.4, -0.2) is 20.2 Å². The molecular weight excluding hydrogens is 218 g/mol. The highest BCUT2D eigenvalue weighted by molar-refractivity contribution is 5.51. The van der Waals surface area contributed by atoms with Crippen molar-refractivity contribution in [1.29, 1.82) is 0 Å². The molecule has 0 saturated carbocycles. The molecule has 0 fully saturated rings. The molecule has 1 atom stereocenters. The van der Waals surface area contributed by atoms with Gasteiger partial charge >= 0.3 is 0 Å². The van der Waals surface area contributed by atoms with Gasteiger partial charge in [0.25, 0.3) is 5.89 Å². The number of hydrogen-bond acceptors (Lipinski definition) is 5. The first-order valence-electron chi connectivity index (χ1n) is 5.66. The fourth-order valence-electron chi connectivity index (χ4n) is 1.58. The van der Waals surface area contributed by atoms with Gasteiger partial charge in [0, 0.05) is 6.20 Å². The van der Waals surface area contributed by atoms with Crippen molar-refractivity contribution in [1.82, 2.24) is 15.1 Å². The van der Waals surface area contributed by atoms with E-state index in [1.54, 1.807) is 6.20 Å². The molecule has 2 rings (SSSR count). The Balaban J connectivity index is 2.27. The summed E-state index contributed by atoms with van der Waals surface area (Å²) in [6.45, 7) is 3.92. The molecular formula is C12H15N3O2. The van der Waals surface area contributed by atoms with E-state index in [1.165, 1.54) is 0 Å². The van der Waals surface area contributed by atoms with Crippen LogP contribution in [-0.2, 0) is 0 Å². The quantitative estimate of drug-likeness (QED) is 0.877. The van der Waals surface area contributed by atoms with Gasteiger partial charge in [-0.25, -0.2) is 0 Å². The van der Waals surface area contributed by atoms with Gasteiger partial charge in [0.05, 0.1) is 0 Å². The summed E-state index contributed by atoms with van der Waals surface area (Å²) in [5.74, 6) is 0.681. The Bertz CT molecular complexity index is 496.